The van der Waals surface area contributed by atoms with Crippen molar-refractivity contribution in [3.05, 3.63) is 16.9 Å². The molecule has 10 heteroatoms. The second-order valence-corrected chi connectivity index (χ2v) is 7.57. The van der Waals surface area contributed by atoms with Crippen LogP contribution in [0.2, 0.25) is 0 Å². The van der Waals surface area contributed by atoms with Gasteiger partial charge in [-0.25, -0.2) is 14.5 Å². The van der Waals surface area contributed by atoms with Gasteiger partial charge in [-0.2, -0.15) is 0 Å². The van der Waals surface area contributed by atoms with Crippen LogP contribution in [0.4, 0.5) is 5.13 Å². The summed E-state index contributed by atoms with van der Waals surface area (Å²) in [7, 11) is 0. The maximum absolute atomic E-state index is 13.2. The Morgan fingerprint density at radius 1 is 1.30 bits per heavy atom. The summed E-state index contributed by atoms with van der Waals surface area (Å²) in [5, 5.41) is 14.7. The van der Waals surface area contributed by atoms with Crippen LogP contribution >= 0.6 is 11.3 Å². The number of nitrogens with one attached hydrogen (secondary N) is 1. The maximum atomic E-state index is 13.2. The molecule has 0 aliphatic heterocycles. The number of tetrazole rings is 1. The molecule has 0 atom stereocenters. The smallest absolute Gasteiger partial charge is 0.350 e. The number of carbonyl (C=O) groups is 2. The van der Waals surface area contributed by atoms with Gasteiger partial charge in [-0.3, -0.25) is 10.1 Å². The standard InChI is InChI=1S/C17H24N6O3S/c1-3-8-12-13(14(24)26-4-2)27-16(19-12)20-15(25)17(9-6-5-7-10-17)23-11-18-21-22-23/h11H,3-10H2,1-2H3,(H,19,20,25). The number of hydrogen-bond acceptors (Lipinski definition) is 8. The summed E-state index contributed by atoms with van der Waals surface area (Å²) in [6.45, 7) is 4.08. The van der Waals surface area contributed by atoms with Gasteiger partial charge >= 0.3 is 5.97 Å². The van der Waals surface area contributed by atoms with Crippen molar-refractivity contribution in [2.45, 2.75) is 64.3 Å². The molecular weight excluding hydrogens is 368 g/mol. The molecule has 27 heavy (non-hydrogen) atoms. The summed E-state index contributed by atoms with van der Waals surface area (Å²) >= 11 is 1.16. The molecule has 146 valence electrons. The van der Waals surface area contributed by atoms with E-state index in [1.807, 2.05) is 6.92 Å². The van der Waals surface area contributed by atoms with Crippen molar-refractivity contribution < 1.29 is 14.3 Å². The first-order valence-corrected chi connectivity index (χ1v) is 10.1. The highest BCUT2D eigenvalue weighted by molar-refractivity contribution is 7.17. The zero-order valence-corrected chi connectivity index (χ0v) is 16.4. The molecule has 0 aromatic carbocycles. The number of ether oxygens (including phenoxy) is 1. The quantitative estimate of drug-likeness (QED) is 0.721. The van der Waals surface area contributed by atoms with Crippen molar-refractivity contribution in [3.63, 3.8) is 0 Å². The first-order valence-electron chi connectivity index (χ1n) is 9.32. The zero-order valence-electron chi connectivity index (χ0n) is 15.6. The van der Waals surface area contributed by atoms with E-state index in [0.29, 0.717) is 41.6 Å². The average molecular weight is 392 g/mol. The summed E-state index contributed by atoms with van der Waals surface area (Å²) in [5.74, 6) is -0.589. The fraction of sp³-hybridized carbons (Fsp3) is 0.647. The lowest BCUT2D eigenvalue weighted by atomic mass is 9.81. The number of esters is 1. The van der Waals surface area contributed by atoms with E-state index < -0.39 is 11.5 Å². The van der Waals surface area contributed by atoms with Gasteiger partial charge in [0.15, 0.2) is 5.13 Å². The Labute approximate surface area is 161 Å². The number of nitrogens with zero attached hydrogens (tertiary/aromatic N) is 5. The molecule has 1 N–H and O–H groups in total. The molecule has 1 saturated carbocycles. The van der Waals surface area contributed by atoms with E-state index >= 15 is 0 Å². The molecule has 2 aromatic heterocycles. The highest BCUT2D eigenvalue weighted by Crippen LogP contribution is 2.36. The fourth-order valence-corrected chi connectivity index (χ4v) is 4.34. The van der Waals surface area contributed by atoms with Crippen LogP contribution in [0, 0.1) is 0 Å². The highest BCUT2D eigenvalue weighted by atomic mass is 32.1. The van der Waals surface area contributed by atoms with Crippen LogP contribution in [0.3, 0.4) is 0 Å². The van der Waals surface area contributed by atoms with Crippen molar-refractivity contribution in [1.29, 1.82) is 0 Å². The predicted octanol–water partition coefficient (Wildman–Crippen LogP) is 2.56. The van der Waals surface area contributed by atoms with Gasteiger partial charge < -0.3 is 4.74 Å². The van der Waals surface area contributed by atoms with Crippen LogP contribution in [-0.2, 0) is 21.5 Å². The molecule has 1 fully saturated rings. The molecule has 2 heterocycles. The fourth-order valence-electron chi connectivity index (χ4n) is 3.44. The van der Waals surface area contributed by atoms with Gasteiger partial charge in [0.25, 0.3) is 5.91 Å². The predicted molar refractivity (Wildman–Crippen MR) is 99.6 cm³/mol. The molecule has 1 aliphatic rings. The van der Waals surface area contributed by atoms with E-state index in [1.54, 1.807) is 11.6 Å². The van der Waals surface area contributed by atoms with E-state index in [0.717, 1.165) is 37.0 Å². The van der Waals surface area contributed by atoms with Gasteiger partial charge in [0.2, 0.25) is 0 Å². The molecule has 3 rings (SSSR count). The topological polar surface area (TPSA) is 112 Å². The van der Waals surface area contributed by atoms with Crippen LogP contribution in [0.25, 0.3) is 0 Å². The summed E-state index contributed by atoms with van der Waals surface area (Å²) in [6, 6.07) is 0. The third-order valence-electron chi connectivity index (χ3n) is 4.76. The Bertz CT molecular complexity index is 783. The van der Waals surface area contributed by atoms with E-state index in [9.17, 15) is 9.59 Å². The lowest BCUT2D eigenvalue weighted by Crippen LogP contribution is -2.47. The number of amides is 1. The number of anilines is 1. The number of aryl methyl sites for hydroxylation is 1. The molecule has 0 bridgehead atoms. The Hall–Kier alpha value is -2.36. The second kappa shape index (κ2) is 8.55. The number of carbonyl (C=O) groups excluding carboxylic acids is 2. The molecule has 0 unspecified atom stereocenters. The van der Waals surface area contributed by atoms with Gasteiger partial charge in [-0.15, -0.1) is 5.10 Å². The minimum atomic E-state index is -0.817. The van der Waals surface area contributed by atoms with Gasteiger partial charge in [0.1, 0.15) is 16.7 Å². The first kappa shape index (κ1) is 19.4. The SMILES string of the molecule is CCCc1nc(NC(=O)C2(n3cnnn3)CCCCC2)sc1C(=O)OCC. The number of rotatable bonds is 7. The monoisotopic (exact) mass is 392 g/mol. The van der Waals surface area contributed by atoms with Crippen LogP contribution < -0.4 is 5.32 Å². The van der Waals surface area contributed by atoms with E-state index in [1.165, 1.54) is 6.33 Å². The Balaban J connectivity index is 1.86. The van der Waals surface area contributed by atoms with Crippen molar-refractivity contribution in [1.82, 2.24) is 25.2 Å². The van der Waals surface area contributed by atoms with E-state index in [2.05, 4.69) is 25.8 Å². The lowest BCUT2D eigenvalue weighted by molar-refractivity contribution is -0.126. The van der Waals surface area contributed by atoms with Gasteiger partial charge in [0, 0.05) is 0 Å². The summed E-state index contributed by atoms with van der Waals surface area (Å²) in [5.41, 5.74) is -0.154. The summed E-state index contributed by atoms with van der Waals surface area (Å²) < 4.78 is 6.67. The first-order chi connectivity index (χ1) is 13.1. The third-order valence-corrected chi connectivity index (χ3v) is 5.75. The third kappa shape index (κ3) is 4.00. The van der Waals surface area contributed by atoms with Crippen LogP contribution in [0.5, 0.6) is 0 Å². The van der Waals surface area contributed by atoms with Gasteiger partial charge in [-0.05, 0) is 36.6 Å². The molecular formula is C17H24N6O3S. The average Bonchev–Trinajstić information content (AvgIpc) is 3.33. The largest absolute Gasteiger partial charge is 0.462 e. The highest BCUT2D eigenvalue weighted by Gasteiger charge is 2.43. The minimum absolute atomic E-state index is 0.193. The zero-order chi connectivity index (χ0) is 19.3. The van der Waals surface area contributed by atoms with Crippen LogP contribution in [-0.4, -0.2) is 43.7 Å². The van der Waals surface area contributed by atoms with Crippen molar-refractivity contribution in [2.24, 2.45) is 0 Å². The van der Waals surface area contributed by atoms with E-state index in [4.69, 9.17) is 4.74 Å². The van der Waals surface area contributed by atoms with Crippen molar-refractivity contribution in [3.8, 4) is 0 Å². The molecule has 2 aromatic rings. The normalized spacial score (nSPS) is 16.1. The van der Waals surface area contributed by atoms with Crippen molar-refractivity contribution >= 4 is 28.3 Å². The summed E-state index contributed by atoms with van der Waals surface area (Å²) in [6.07, 6.45) is 7.27. The van der Waals surface area contributed by atoms with Crippen molar-refractivity contribution in [2.75, 3.05) is 11.9 Å². The van der Waals surface area contributed by atoms with Gasteiger partial charge in [-0.1, -0.05) is 43.9 Å². The maximum Gasteiger partial charge on any atom is 0.350 e. The van der Waals surface area contributed by atoms with E-state index in [-0.39, 0.29) is 5.91 Å². The second-order valence-electron chi connectivity index (χ2n) is 6.57. The Kier molecular flexibility index (Phi) is 6.15. The summed E-state index contributed by atoms with van der Waals surface area (Å²) in [4.78, 5) is 30.3. The molecule has 1 amide bonds. The number of hydrogen-bond donors (Lipinski definition) is 1. The molecule has 0 saturated heterocycles. The Morgan fingerprint density at radius 2 is 2.07 bits per heavy atom. The molecule has 1 aliphatic carbocycles. The van der Waals surface area contributed by atoms with Crippen LogP contribution in [0.15, 0.2) is 6.33 Å². The van der Waals surface area contributed by atoms with Crippen LogP contribution in [0.1, 0.15) is 67.7 Å². The molecule has 0 spiro atoms. The number of thiazole rings is 1. The lowest BCUT2D eigenvalue weighted by Gasteiger charge is -2.34. The molecule has 0 radical (unpaired) electrons. The Morgan fingerprint density at radius 3 is 2.70 bits per heavy atom. The molecule has 9 nitrogen and oxygen atoms in total. The van der Waals surface area contributed by atoms with Gasteiger partial charge in [0.05, 0.1) is 12.3 Å². The number of aromatic nitrogens is 5. The minimum Gasteiger partial charge on any atom is -0.462 e.